The lowest BCUT2D eigenvalue weighted by Crippen LogP contribution is -2.30. The molecular weight excluding hydrogens is 544 g/mol. The maximum Gasteiger partial charge on any atom is 0.164 e. The van der Waals surface area contributed by atoms with Crippen LogP contribution in [0.25, 0.3) is 0 Å². The molecule has 1 saturated heterocycles. The second-order valence-electron chi connectivity index (χ2n) is 12.3. The van der Waals surface area contributed by atoms with E-state index in [1.54, 1.807) is 0 Å². The summed E-state index contributed by atoms with van der Waals surface area (Å²) >= 11 is 1.43. The highest BCUT2D eigenvalue weighted by Gasteiger charge is 2.35. The second kappa shape index (κ2) is 21.9. The predicted octanol–water partition coefficient (Wildman–Crippen LogP) is 5.61. The number of carbonyl (C=O) groups excluding carboxylic acids is 6. The Morgan fingerprint density at radius 3 is 1.07 bits per heavy atom. The minimum absolute atomic E-state index is 0.0112. The first-order valence-electron chi connectivity index (χ1n) is 14.8. The van der Waals surface area contributed by atoms with Crippen molar-refractivity contribution in [3.8, 4) is 0 Å². The Morgan fingerprint density at radius 2 is 0.829 bits per heavy atom. The molecule has 0 spiro atoms. The summed E-state index contributed by atoms with van der Waals surface area (Å²) in [4.78, 5) is 67.7. The largest absolute Gasteiger partial charge is 0.366 e. The van der Waals surface area contributed by atoms with Crippen molar-refractivity contribution in [2.45, 2.75) is 108 Å². The molecule has 1 heterocycles. The van der Waals surface area contributed by atoms with E-state index in [0.717, 1.165) is 0 Å². The lowest BCUT2D eigenvalue weighted by atomic mass is 9.99. The lowest BCUT2D eigenvalue weighted by Gasteiger charge is -2.15. The summed E-state index contributed by atoms with van der Waals surface area (Å²) in [6, 6.07) is 0. The number of hydrogen-bond donors (Lipinski definition) is 0. The third kappa shape index (κ3) is 19.2. The third-order valence-electron chi connectivity index (χ3n) is 6.35. The lowest BCUT2D eigenvalue weighted by molar-refractivity contribution is -0.140. The van der Waals surface area contributed by atoms with E-state index in [0.29, 0.717) is 24.3 Å². The van der Waals surface area contributed by atoms with Crippen LogP contribution >= 0.6 is 11.8 Å². The van der Waals surface area contributed by atoms with Crippen molar-refractivity contribution in [2.75, 3.05) is 24.7 Å². The number of rotatable bonds is 16. The van der Waals surface area contributed by atoms with Gasteiger partial charge >= 0.3 is 0 Å². The molecular formula is C32H56O8S. The molecule has 0 aliphatic carbocycles. The first kappa shape index (κ1) is 41.4. The average molecular weight is 601 g/mol. The van der Waals surface area contributed by atoms with Crippen LogP contribution in [0.15, 0.2) is 0 Å². The van der Waals surface area contributed by atoms with Crippen LogP contribution in [0.3, 0.4) is 0 Å². The zero-order valence-electron chi connectivity index (χ0n) is 27.5. The van der Waals surface area contributed by atoms with Crippen molar-refractivity contribution in [3.63, 3.8) is 0 Å². The molecule has 0 aromatic carbocycles. The SMILES string of the molecule is CC(C)C(=O)C1CCC(C(=O)C(C)C)O1.CC(C)C(=O)COCC(=O)C(C)C.CC(C)C(=O)CSCC(=O)C(C)C. The van der Waals surface area contributed by atoms with Gasteiger partial charge in [-0.25, -0.2) is 0 Å². The van der Waals surface area contributed by atoms with Gasteiger partial charge in [-0.3, -0.25) is 28.8 Å². The number of hydrogen-bond acceptors (Lipinski definition) is 9. The van der Waals surface area contributed by atoms with E-state index in [9.17, 15) is 28.8 Å². The normalized spacial score (nSPS) is 16.5. The van der Waals surface area contributed by atoms with Gasteiger partial charge in [-0.2, -0.15) is 0 Å². The molecule has 1 fully saturated rings. The highest BCUT2D eigenvalue weighted by atomic mass is 32.2. The Bertz CT molecular complexity index is 735. The fourth-order valence-corrected chi connectivity index (χ4v) is 4.14. The molecule has 8 nitrogen and oxygen atoms in total. The van der Waals surface area contributed by atoms with Crippen molar-refractivity contribution in [2.24, 2.45) is 35.5 Å². The maximum atomic E-state index is 11.6. The minimum atomic E-state index is -0.349. The van der Waals surface area contributed by atoms with Crippen LogP contribution in [-0.2, 0) is 38.2 Å². The Labute approximate surface area is 252 Å². The van der Waals surface area contributed by atoms with Crippen LogP contribution in [0.5, 0.6) is 0 Å². The van der Waals surface area contributed by atoms with Gasteiger partial charge in [0.1, 0.15) is 37.0 Å². The van der Waals surface area contributed by atoms with E-state index in [4.69, 9.17) is 9.47 Å². The standard InChI is InChI=1S/C12H20O3.C10H18O3.C10H18O2S/c1-7(2)11(13)9-5-6-10(15-9)12(14)8(3)4;2*1-7(2)9(11)5-13-6-10(12)8(3)4/h7-10H,5-6H2,1-4H3;2*7-8H,5-6H2,1-4H3. The Hall–Kier alpha value is -1.71. The molecule has 1 aliphatic heterocycles. The quantitative estimate of drug-likeness (QED) is 0.223. The topological polar surface area (TPSA) is 121 Å². The number of carbonyl (C=O) groups is 6. The molecule has 0 aromatic rings. The highest BCUT2D eigenvalue weighted by molar-refractivity contribution is 8.00. The zero-order chi connectivity index (χ0) is 32.4. The van der Waals surface area contributed by atoms with Crippen molar-refractivity contribution in [1.29, 1.82) is 0 Å². The molecule has 0 N–H and O–H groups in total. The molecule has 1 aliphatic rings. The van der Waals surface area contributed by atoms with Crippen molar-refractivity contribution >= 4 is 46.5 Å². The van der Waals surface area contributed by atoms with Crippen LogP contribution in [0.1, 0.15) is 95.9 Å². The van der Waals surface area contributed by atoms with E-state index in [2.05, 4.69) is 0 Å². The number of thioether (sulfide) groups is 1. The summed E-state index contributed by atoms with van der Waals surface area (Å²) in [6.45, 7) is 22.4. The van der Waals surface area contributed by atoms with Gasteiger partial charge in [0.2, 0.25) is 0 Å². The molecule has 0 amide bonds. The van der Waals surface area contributed by atoms with Gasteiger partial charge < -0.3 is 9.47 Å². The number of ether oxygens (including phenoxy) is 2. The molecule has 0 radical (unpaired) electrons. The Balaban J connectivity index is 0. The van der Waals surface area contributed by atoms with Gasteiger partial charge in [-0.1, -0.05) is 83.1 Å². The van der Waals surface area contributed by atoms with E-state index in [1.165, 1.54) is 11.8 Å². The zero-order valence-corrected chi connectivity index (χ0v) is 28.4. The van der Waals surface area contributed by atoms with Crippen LogP contribution in [-0.4, -0.2) is 71.6 Å². The van der Waals surface area contributed by atoms with Gasteiger partial charge in [0.25, 0.3) is 0 Å². The summed E-state index contributed by atoms with van der Waals surface area (Å²) in [7, 11) is 0. The molecule has 0 aromatic heterocycles. The summed E-state index contributed by atoms with van der Waals surface area (Å²) in [5.41, 5.74) is 0. The Morgan fingerprint density at radius 1 is 0.537 bits per heavy atom. The molecule has 1 rings (SSSR count). The first-order valence-corrected chi connectivity index (χ1v) is 16.0. The summed E-state index contributed by atoms with van der Waals surface area (Å²) < 4.78 is 10.5. The van der Waals surface area contributed by atoms with Gasteiger partial charge in [0.05, 0.1) is 11.5 Å². The van der Waals surface area contributed by atoms with Gasteiger partial charge in [0, 0.05) is 35.5 Å². The molecule has 2 unspecified atom stereocenters. The maximum absolute atomic E-state index is 11.6. The smallest absolute Gasteiger partial charge is 0.164 e. The number of Topliss-reactive ketones (excluding diaryl/α,β-unsaturated/α-hetero) is 6. The summed E-state index contributed by atoms with van der Waals surface area (Å²) in [5, 5.41) is 0. The van der Waals surface area contributed by atoms with E-state index in [1.807, 2.05) is 83.1 Å². The molecule has 41 heavy (non-hydrogen) atoms. The van der Waals surface area contributed by atoms with Gasteiger partial charge in [-0.05, 0) is 12.8 Å². The summed E-state index contributed by atoms with van der Waals surface area (Å²) in [6.07, 6.45) is 0.690. The Kier molecular flexibility index (Phi) is 22.1. The highest BCUT2D eigenvalue weighted by Crippen LogP contribution is 2.25. The van der Waals surface area contributed by atoms with Crippen molar-refractivity contribution < 1.29 is 38.2 Å². The molecule has 0 bridgehead atoms. The molecule has 9 heteroatoms. The van der Waals surface area contributed by atoms with Crippen molar-refractivity contribution in [1.82, 2.24) is 0 Å². The van der Waals surface area contributed by atoms with E-state index in [-0.39, 0.29) is 95.6 Å². The van der Waals surface area contributed by atoms with Crippen LogP contribution < -0.4 is 0 Å². The second-order valence-corrected chi connectivity index (χ2v) is 13.3. The first-order chi connectivity index (χ1) is 18.8. The van der Waals surface area contributed by atoms with Crippen LogP contribution in [0, 0.1) is 35.5 Å². The fourth-order valence-electron chi connectivity index (χ4n) is 2.97. The van der Waals surface area contributed by atoms with Crippen LogP contribution in [0.2, 0.25) is 0 Å². The van der Waals surface area contributed by atoms with E-state index >= 15 is 0 Å². The van der Waals surface area contributed by atoms with Gasteiger partial charge in [-0.15, -0.1) is 11.8 Å². The van der Waals surface area contributed by atoms with Crippen LogP contribution in [0.4, 0.5) is 0 Å². The monoisotopic (exact) mass is 600 g/mol. The summed E-state index contributed by atoms with van der Waals surface area (Å²) in [5.74, 6) is 1.81. The average Bonchev–Trinajstić information content (AvgIpc) is 3.37. The van der Waals surface area contributed by atoms with E-state index < -0.39 is 0 Å². The molecule has 0 saturated carbocycles. The molecule has 2 atom stereocenters. The predicted molar refractivity (Wildman–Crippen MR) is 165 cm³/mol. The van der Waals surface area contributed by atoms with Crippen molar-refractivity contribution in [3.05, 3.63) is 0 Å². The molecule has 238 valence electrons. The van der Waals surface area contributed by atoms with Gasteiger partial charge in [0.15, 0.2) is 23.1 Å². The fraction of sp³-hybridized carbons (Fsp3) is 0.812. The number of ketones is 6. The minimum Gasteiger partial charge on any atom is -0.366 e. The third-order valence-corrected chi connectivity index (χ3v) is 7.32.